The molecule has 0 aliphatic heterocycles. The third-order valence-electron chi connectivity index (χ3n) is 2.51. The summed E-state index contributed by atoms with van der Waals surface area (Å²) in [4.78, 5) is 12.0. The molecule has 0 spiro atoms. The van der Waals surface area contributed by atoms with Crippen molar-refractivity contribution in [1.29, 1.82) is 0 Å². The largest absolute Gasteiger partial charge is 0.330 e. The van der Waals surface area contributed by atoms with Gasteiger partial charge in [-0.15, -0.1) is 5.10 Å². The molecule has 2 rings (SSSR count). The van der Waals surface area contributed by atoms with Gasteiger partial charge in [-0.3, -0.25) is 4.79 Å². The van der Waals surface area contributed by atoms with Crippen molar-refractivity contribution in [3.8, 4) is 0 Å². The van der Waals surface area contributed by atoms with Gasteiger partial charge in [0, 0.05) is 11.0 Å². The smallest absolute Gasteiger partial charge is 0.277 e. The van der Waals surface area contributed by atoms with Crippen LogP contribution in [-0.4, -0.2) is 21.5 Å². The number of halogens is 1. The minimum absolute atomic E-state index is 0.0977. The number of nitrogens with zero attached hydrogens (tertiary/aromatic N) is 3. The van der Waals surface area contributed by atoms with Crippen molar-refractivity contribution in [3.63, 3.8) is 0 Å². The van der Waals surface area contributed by atoms with Crippen LogP contribution < -0.4 is 11.3 Å². The van der Waals surface area contributed by atoms with Gasteiger partial charge in [0.05, 0.1) is 5.39 Å². The monoisotopic (exact) mass is 296 g/mol. The van der Waals surface area contributed by atoms with Gasteiger partial charge in [0.2, 0.25) is 0 Å². The van der Waals surface area contributed by atoms with Gasteiger partial charge in [-0.25, -0.2) is 4.68 Å². The van der Waals surface area contributed by atoms with Crippen molar-refractivity contribution in [2.75, 3.05) is 6.54 Å². The van der Waals surface area contributed by atoms with Gasteiger partial charge in [0.25, 0.3) is 5.56 Å². The van der Waals surface area contributed by atoms with Crippen LogP contribution in [-0.2, 0) is 6.54 Å². The van der Waals surface area contributed by atoms with Gasteiger partial charge in [0.1, 0.15) is 5.52 Å². The van der Waals surface area contributed by atoms with Gasteiger partial charge in [-0.2, -0.15) is 0 Å². The molecule has 0 atom stereocenters. The Labute approximate surface area is 107 Å². The Bertz CT molecular complexity index is 581. The zero-order valence-corrected chi connectivity index (χ0v) is 10.9. The Morgan fingerprint density at radius 3 is 2.94 bits per heavy atom. The minimum atomic E-state index is -0.0977. The number of hydrogen-bond donors (Lipinski definition) is 1. The van der Waals surface area contributed by atoms with E-state index in [1.54, 1.807) is 12.1 Å². The summed E-state index contributed by atoms with van der Waals surface area (Å²) in [6.07, 6.45) is 1.72. The first-order chi connectivity index (χ1) is 8.22. The van der Waals surface area contributed by atoms with Gasteiger partial charge < -0.3 is 5.73 Å². The first kappa shape index (κ1) is 12.2. The lowest BCUT2D eigenvalue weighted by atomic mass is 10.2. The number of nitrogens with two attached hydrogens (primary N) is 1. The van der Waals surface area contributed by atoms with E-state index in [2.05, 4.69) is 26.2 Å². The van der Waals surface area contributed by atoms with E-state index in [4.69, 9.17) is 5.73 Å². The molecule has 6 heteroatoms. The van der Waals surface area contributed by atoms with E-state index >= 15 is 0 Å². The van der Waals surface area contributed by atoms with Gasteiger partial charge in [-0.05, 0) is 37.6 Å². The zero-order chi connectivity index (χ0) is 12.3. The fourth-order valence-electron chi connectivity index (χ4n) is 1.60. The number of unbranched alkanes of at least 4 members (excludes halogenated alkanes) is 1. The summed E-state index contributed by atoms with van der Waals surface area (Å²) >= 11 is 3.34. The molecule has 0 saturated carbocycles. The molecule has 2 N–H and O–H groups in total. The molecule has 2 aromatic rings. The predicted molar refractivity (Wildman–Crippen MR) is 69.8 cm³/mol. The van der Waals surface area contributed by atoms with Crippen molar-refractivity contribution in [2.45, 2.75) is 19.4 Å². The average Bonchev–Trinajstić information content (AvgIpc) is 2.32. The van der Waals surface area contributed by atoms with Gasteiger partial charge in [0.15, 0.2) is 0 Å². The minimum Gasteiger partial charge on any atom is -0.330 e. The molecule has 1 heterocycles. The molecule has 0 bridgehead atoms. The quantitative estimate of drug-likeness (QED) is 0.863. The van der Waals surface area contributed by atoms with E-state index in [0.29, 0.717) is 24.0 Å². The average molecular weight is 297 g/mol. The zero-order valence-electron chi connectivity index (χ0n) is 9.27. The highest BCUT2D eigenvalue weighted by Crippen LogP contribution is 2.14. The third kappa shape index (κ3) is 2.70. The second kappa shape index (κ2) is 5.37. The number of aromatic nitrogens is 3. The molecule has 0 amide bonds. The van der Waals surface area contributed by atoms with Crippen LogP contribution in [0.4, 0.5) is 0 Å². The Kier molecular flexibility index (Phi) is 3.86. The van der Waals surface area contributed by atoms with Crippen molar-refractivity contribution in [3.05, 3.63) is 33.0 Å². The van der Waals surface area contributed by atoms with Crippen molar-refractivity contribution in [1.82, 2.24) is 15.0 Å². The third-order valence-corrected chi connectivity index (χ3v) is 3.00. The Morgan fingerprint density at radius 2 is 2.18 bits per heavy atom. The maximum Gasteiger partial charge on any atom is 0.277 e. The first-order valence-electron chi connectivity index (χ1n) is 5.45. The van der Waals surface area contributed by atoms with Crippen LogP contribution in [0.5, 0.6) is 0 Å². The molecular formula is C11H13BrN4O. The van der Waals surface area contributed by atoms with Crippen LogP contribution >= 0.6 is 15.9 Å². The lowest BCUT2D eigenvalue weighted by Gasteiger charge is -2.04. The number of rotatable bonds is 4. The number of benzene rings is 1. The fraction of sp³-hybridized carbons (Fsp3) is 0.364. The maximum atomic E-state index is 12.0. The highest BCUT2D eigenvalue weighted by Gasteiger charge is 2.05. The highest BCUT2D eigenvalue weighted by molar-refractivity contribution is 9.10. The number of hydrogen-bond acceptors (Lipinski definition) is 4. The normalized spacial score (nSPS) is 10.9. The summed E-state index contributed by atoms with van der Waals surface area (Å²) in [5, 5.41) is 8.54. The Hall–Kier alpha value is -1.27. The predicted octanol–water partition coefficient (Wildman–Crippen LogP) is 1.29. The molecule has 5 nitrogen and oxygen atoms in total. The molecule has 17 heavy (non-hydrogen) atoms. The van der Waals surface area contributed by atoms with Crippen LogP contribution in [0, 0.1) is 0 Å². The van der Waals surface area contributed by atoms with E-state index in [1.165, 1.54) is 4.68 Å². The van der Waals surface area contributed by atoms with Crippen LogP contribution in [0.2, 0.25) is 0 Å². The number of fused-ring (bicyclic) bond motifs is 1. The molecular weight excluding hydrogens is 284 g/mol. The second-order valence-corrected chi connectivity index (χ2v) is 4.69. The van der Waals surface area contributed by atoms with E-state index < -0.39 is 0 Å². The maximum absolute atomic E-state index is 12.0. The van der Waals surface area contributed by atoms with Gasteiger partial charge >= 0.3 is 0 Å². The lowest BCUT2D eigenvalue weighted by molar-refractivity contribution is 0.514. The molecule has 0 aliphatic carbocycles. The molecule has 90 valence electrons. The summed E-state index contributed by atoms with van der Waals surface area (Å²) in [6.45, 7) is 1.19. The SMILES string of the molecule is NCCCCn1nnc2cc(Br)ccc2c1=O. The summed E-state index contributed by atoms with van der Waals surface area (Å²) < 4.78 is 2.28. The molecule has 0 fully saturated rings. The standard InChI is InChI=1S/C11H13BrN4O/c12-8-3-4-9-10(7-8)14-15-16(11(9)17)6-2-1-5-13/h3-4,7H,1-2,5-6,13H2. The fourth-order valence-corrected chi connectivity index (χ4v) is 1.95. The van der Waals surface area contributed by atoms with Crippen molar-refractivity contribution in [2.24, 2.45) is 5.73 Å². The number of aryl methyl sites for hydroxylation is 1. The molecule has 0 aliphatic rings. The summed E-state index contributed by atoms with van der Waals surface area (Å²) in [7, 11) is 0. The molecule has 1 aromatic heterocycles. The van der Waals surface area contributed by atoms with Crippen LogP contribution in [0.25, 0.3) is 10.9 Å². The van der Waals surface area contributed by atoms with Crippen molar-refractivity contribution < 1.29 is 0 Å². The van der Waals surface area contributed by atoms with Crippen LogP contribution in [0.15, 0.2) is 27.5 Å². The molecule has 0 radical (unpaired) electrons. The summed E-state index contributed by atoms with van der Waals surface area (Å²) in [6, 6.07) is 5.37. The Balaban J connectivity index is 2.37. The summed E-state index contributed by atoms with van der Waals surface area (Å²) in [5.74, 6) is 0. The van der Waals surface area contributed by atoms with Crippen LogP contribution in [0.1, 0.15) is 12.8 Å². The topological polar surface area (TPSA) is 73.8 Å². The van der Waals surface area contributed by atoms with E-state index in [9.17, 15) is 4.79 Å². The summed E-state index contributed by atoms with van der Waals surface area (Å²) in [5.41, 5.74) is 5.92. The van der Waals surface area contributed by atoms with E-state index in [0.717, 1.165) is 17.3 Å². The van der Waals surface area contributed by atoms with Crippen LogP contribution in [0.3, 0.4) is 0 Å². The Morgan fingerprint density at radius 1 is 1.35 bits per heavy atom. The second-order valence-electron chi connectivity index (χ2n) is 3.77. The lowest BCUT2D eigenvalue weighted by Crippen LogP contribution is -2.24. The highest BCUT2D eigenvalue weighted by atomic mass is 79.9. The molecule has 0 saturated heterocycles. The van der Waals surface area contributed by atoms with E-state index in [1.807, 2.05) is 6.07 Å². The van der Waals surface area contributed by atoms with Crippen molar-refractivity contribution >= 4 is 26.8 Å². The molecule has 0 unspecified atom stereocenters. The first-order valence-corrected chi connectivity index (χ1v) is 6.25. The van der Waals surface area contributed by atoms with Gasteiger partial charge in [-0.1, -0.05) is 21.1 Å². The molecule has 1 aromatic carbocycles. The van der Waals surface area contributed by atoms with E-state index in [-0.39, 0.29) is 5.56 Å².